The van der Waals surface area contributed by atoms with Crippen LogP contribution in [0.2, 0.25) is 0 Å². The van der Waals surface area contributed by atoms with Crippen molar-refractivity contribution >= 4 is 36.5 Å². The van der Waals surface area contributed by atoms with Crippen molar-refractivity contribution in [3.8, 4) is 0 Å². The first-order chi connectivity index (χ1) is 16.1. The van der Waals surface area contributed by atoms with Gasteiger partial charge in [-0.1, -0.05) is 46.0 Å². The highest BCUT2D eigenvalue weighted by Crippen LogP contribution is 1.99. The topological polar surface area (TPSA) is 200 Å². The molecule has 0 saturated carbocycles. The molecule has 0 bridgehead atoms. The van der Waals surface area contributed by atoms with Gasteiger partial charge in [-0.3, -0.25) is 0 Å². The second kappa shape index (κ2) is 56.6. The Labute approximate surface area is 194 Å². The van der Waals surface area contributed by atoms with E-state index in [4.69, 9.17) is 20.4 Å². The summed E-state index contributed by atoms with van der Waals surface area (Å²) in [6.07, 6.45) is 16.8. The number of aliphatic imine (C=N–C) groups is 4. The van der Waals surface area contributed by atoms with Gasteiger partial charge in [-0.25, -0.2) is 59.6 Å². The fourth-order valence-corrected chi connectivity index (χ4v) is 1.65. The van der Waals surface area contributed by atoms with E-state index in [1.165, 1.54) is 43.6 Å². The number of unbranched alkanes of at least 4 members (excludes halogenated alkanes) is 6. The highest BCUT2D eigenvalue weighted by atomic mass is 16.1. The van der Waals surface area contributed by atoms with Crippen molar-refractivity contribution in [2.45, 2.75) is 71.6 Å². The normalized spacial score (nSPS) is 7.09. The molecule has 12 nitrogen and oxygen atoms in total. The Morgan fingerprint density at radius 3 is 0.818 bits per heavy atom. The van der Waals surface area contributed by atoms with E-state index in [1.807, 2.05) is 0 Å². The van der Waals surface area contributed by atoms with Gasteiger partial charge in [0.25, 0.3) is 0 Å². The third kappa shape index (κ3) is 95.8. The second-order valence-electron chi connectivity index (χ2n) is 5.57. The molecule has 2 N–H and O–H groups in total. The quantitative estimate of drug-likeness (QED) is 0.222. The van der Waals surface area contributed by atoms with E-state index in [0.717, 1.165) is 50.7 Å². The standard InChI is InChI=1S/C8H12N2O2.C6H8N2O2.C5H12.2CHNO/c11-7-9-5-3-1-2-4-6-10-8-12;9-5-7-3-1-2-4-8-6-10;1-3-5-4-2;2*2-1-3/h1-6H2;1-4H2;3-5H2,1-2H3;2*2H. The van der Waals surface area contributed by atoms with Gasteiger partial charge in [-0.05, 0) is 25.7 Å². The number of isocyanates is 6. The van der Waals surface area contributed by atoms with Crippen molar-refractivity contribution < 1.29 is 28.8 Å². The van der Waals surface area contributed by atoms with Crippen molar-refractivity contribution in [1.29, 1.82) is 10.8 Å². The molecule has 12 heteroatoms. The molecule has 0 aromatic carbocycles. The Bertz CT molecular complexity index is 592. The van der Waals surface area contributed by atoms with Gasteiger partial charge in [0.2, 0.25) is 36.5 Å². The molecule has 0 saturated heterocycles. The molecule has 184 valence electrons. The summed E-state index contributed by atoms with van der Waals surface area (Å²) < 4.78 is 0. The van der Waals surface area contributed by atoms with E-state index in [0.29, 0.717) is 26.2 Å². The van der Waals surface area contributed by atoms with E-state index in [9.17, 15) is 19.2 Å². The third-order valence-corrected chi connectivity index (χ3v) is 3.04. The Morgan fingerprint density at radius 2 is 0.667 bits per heavy atom. The van der Waals surface area contributed by atoms with Crippen LogP contribution >= 0.6 is 0 Å². The Hall–Kier alpha value is -3.72. The summed E-state index contributed by atoms with van der Waals surface area (Å²) in [4.78, 5) is 68.5. The van der Waals surface area contributed by atoms with Gasteiger partial charge in [-0.15, -0.1) is 0 Å². The highest BCUT2D eigenvalue weighted by Gasteiger charge is 1.87. The molecule has 0 aliphatic carbocycles. The lowest BCUT2D eigenvalue weighted by Gasteiger charge is -1.93. The van der Waals surface area contributed by atoms with E-state index < -0.39 is 0 Å². The van der Waals surface area contributed by atoms with Crippen LogP contribution < -0.4 is 0 Å². The predicted molar refractivity (Wildman–Crippen MR) is 122 cm³/mol. The lowest BCUT2D eigenvalue weighted by molar-refractivity contribution is 0.558. The van der Waals surface area contributed by atoms with Gasteiger partial charge >= 0.3 is 0 Å². The van der Waals surface area contributed by atoms with Crippen LogP contribution in [0, 0.1) is 10.8 Å². The molecule has 0 aromatic heterocycles. The van der Waals surface area contributed by atoms with Gasteiger partial charge in [0.05, 0.1) is 26.2 Å². The molecule has 0 heterocycles. The van der Waals surface area contributed by atoms with Crippen molar-refractivity contribution in [3.05, 3.63) is 0 Å². The summed E-state index contributed by atoms with van der Waals surface area (Å²) in [5.41, 5.74) is 0. The molecule has 0 aliphatic rings. The molecule has 0 spiro atoms. The smallest absolute Gasteiger partial charge is 0.222 e. The first-order valence-electron chi connectivity index (χ1n) is 10.3. The number of nitrogens with zero attached hydrogens (tertiary/aromatic N) is 4. The molecular weight excluding hydrogens is 432 g/mol. The van der Waals surface area contributed by atoms with Crippen LogP contribution in [-0.4, -0.2) is 62.7 Å². The van der Waals surface area contributed by atoms with Crippen molar-refractivity contribution in [2.75, 3.05) is 26.2 Å². The molecule has 0 aliphatic heterocycles. The number of carbonyl (C=O) groups excluding carboxylic acids is 6. The van der Waals surface area contributed by atoms with Crippen LogP contribution in [-0.2, 0) is 28.8 Å². The average molecular weight is 467 g/mol. The zero-order valence-corrected chi connectivity index (χ0v) is 19.4. The van der Waals surface area contributed by atoms with Crippen molar-refractivity contribution in [1.82, 2.24) is 0 Å². The molecule has 0 aromatic rings. The van der Waals surface area contributed by atoms with E-state index in [-0.39, 0.29) is 0 Å². The number of nitrogens with one attached hydrogen (secondary N) is 2. The molecular formula is C21H34N6O6. The maximum absolute atomic E-state index is 9.63. The largest absolute Gasteiger partial charge is 0.234 e. The van der Waals surface area contributed by atoms with Crippen LogP contribution in [0.25, 0.3) is 0 Å². The van der Waals surface area contributed by atoms with Crippen molar-refractivity contribution in [3.63, 3.8) is 0 Å². The van der Waals surface area contributed by atoms with E-state index in [1.54, 1.807) is 0 Å². The second-order valence-corrected chi connectivity index (χ2v) is 5.57. The fourth-order valence-electron chi connectivity index (χ4n) is 1.65. The molecule has 0 atom stereocenters. The summed E-state index contributed by atoms with van der Waals surface area (Å²) >= 11 is 0. The van der Waals surface area contributed by atoms with Gasteiger partial charge in [-0.2, -0.15) is 0 Å². The third-order valence-electron chi connectivity index (χ3n) is 3.04. The monoisotopic (exact) mass is 466 g/mol. The van der Waals surface area contributed by atoms with Crippen LogP contribution in [0.4, 0.5) is 0 Å². The zero-order chi connectivity index (χ0) is 26.3. The van der Waals surface area contributed by atoms with E-state index >= 15 is 0 Å². The lowest BCUT2D eigenvalue weighted by atomic mass is 10.2. The summed E-state index contributed by atoms with van der Waals surface area (Å²) in [5.74, 6) is 0. The van der Waals surface area contributed by atoms with Crippen LogP contribution in [0.5, 0.6) is 0 Å². The minimum absolute atomic E-state index is 0.470. The van der Waals surface area contributed by atoms with Crippen LogP contribution in [0.15, 0.2) is 20.0 Å². The van der Waals surface area contributed by atoms with Gasteiger partial charge in [0.15, 0.2) is 0 Å². The average Bonchev–Trinajstić information content (AvgIpc) is 2.81. The SMILES string of the molecule is CCCCC.N=C=O.N=C=O.O=C=NCCCCCCN=C=O.O=C=NCCCCN=C=O. The maximum atomic E-state index is 9.63. The first kappa shape index (κ1) is 39.7. The summed E-state index contributed by atoms with van der Waals surface area (Å²) in [7, 11) is 0. The van der Waals surface area contributed by atoms with Crippen molar-refractivity contribution in [2.24, 2.45) is 20.0 Å². The minimum Gasteiger partial charge on any atom is -0.222 e. The van der Waals surface area contributed by atoms with Gasteiger partial charge in [0, 0.05) is 0 Å². The molecule has 0 amide bonds. The molecule has 0 fully saturated rings. The molecule has 33 heavy (non-hydrogen) atoms. The number of hydrogen-bond acceptors (Lipinski definition) is 12. The Balaban J connectivity index is -0.000000111. The number of hydrogen-bond donors (Lipinski definition) is 2. The van der Waals surface area contributed by atoms with Crippen LogP contribution in [0.1, 0.15) is 71.6 Å². The fraction of sp³-hybridized carbons (Fsp3) is 0.714. The van der Waals surface area contributed by atoms with Crippen LogP contribution in [0.3, 0.4) is 0 Å². The summed E-state index contributed by atoms with van der Waals surface area (Å²) in [6, 6.07) is 0. The summed E-state index contributed by atoms with van der Waals surface area (Å²) in [5, 5.41) is 10.8. The maximum Gasteiger partial charge on any atom is 0.234 e. The Morgan fingerprint density at radius 1 is 0.455 bits per heavy atom. The number of rotatable bonds is 14. The Kier molecular flexibility index (Phi) is 68.2. The lowest BCUT2D eigenvalue weighted by Crippen LogP contribution is -1.84. The highest BCUT2D eigenvalue weighted by molar-refractivity contribution is 5.33. The summed E-state index contributed by atoms with van der Waals surface area (Å²) in [6.45, 7) is 6.48. The molecule has 0 unspecified atom stereocenters. The van der Waals surface area contributed by atoms with Gasteiger partial charge in [0.1, 0.15) is 0 Å². The molecule has 0 radical (unpaired) electrons. The van der Waals surface area contributed by atoms with E-state index in [2.05, 4.69) is 33.8 Å². The predicted octanol–water partition coefficient (Wildman–Crippen LogP) is 3.66. The minimum atomic E-state index is 0.470. The zero-order valence-electron chi connectivity index (χ0n) is 19.4. The van der Waals surface area contributed by atoms with Gasteiger partial charge < -0.3 is 0 Å². The molecule has 0 rings (SSSR count). The first-order valence-corrected chi connectivity index (χ1v) is 10.3.